The Morgan fingerprint density at radius 2 is 2.29 bits per heavy atom. The lowest BCUT2D eigenvalue weighted by molar-refractivity contribution is 0.0457. The first-order valence-electron chi connectivity index (χ1n) is 7.47. The molecule has 0 saturated carbocycles. The van der Waals surface area contributed by atoms with Crippen LogP contribution in [-0.2, 0) is 4.74 Å². The second-order valence-electron chi connectivity index (χ2n) is 5.78. The highest BCUT2D eigenvalue weighted by Gasteiger charge is 2.25. The highest BCUT2D eigenvalue weighted by Crippen LogP contribution is 2.37. The summed E-state index contributed by atoms with van der Waals surface area (Å²) in [6.45, 7) is 4.05. The van der Waals surface area contributed by atoms with Gasteiger partial charge in [0.15, 0.2) is 22.9 Å². The molecule has 1 aliphatic heterocycles. The Balaban J connectivity index is 1.92. The van der Waals surface area contributed by atoms with Gasteiger partial charge in [0.25, 0.3) is 0 Å². The highest BCUT2D eigenvalue weighted by atomic mass is 16.5. The molecular formula is C17H17N3O4. The van der Waals surface area contributed by atoms with Crippen LogP contribution in [0.4, 0.5) is 11.7 Å². The number of carbonyl (C=O) groups excluding carboxylic acids is 1. The van der Waals surface area contributed by atoms with Gasteiger partial charge in [0, 0.05) is 23.5 Å². The molecule has 0 saturated heterocycles. The van der Waals surface area contributed by atoms with Gasteiger partial charge in [-0.2, -0.15) is 0 Å². The predicted octanol–water partition coefficient (Wildman–Crippen LogP) is 3.03. The van der Waals surface area contributed by atoms with Crippen molar-refractivity contribution in [3.63, 3.8) is 0 Å². The minimum atomic E-state index is -0.714. The van der Waals surface area contributed by atoms with Crippen LogP contribution >= 0.6 is 0 Å². The average molecular weight is 327 g/mol. The molecule has 1 aliphatic rings. The van der Waals surface area contributed by atoms with E-state index < -0.39 is 5.97 Å². The normalized spacial score (nSPS) is 14.4. The van der Waals surface area contributed by atoms with Crippen LogP contribution in [0.15, 0.2) is 27.7 Å². The van der Waals surface area contributed by atoms with Gasteiger partial charge >= 0.3 is 5.97 Å². The number of hydrogen-bond acceptors (Lipinski definition) is 7. The third kappa shape index (κ3) is 2.88. The van der Waals surface area contributed by atoms with E-state index in [1.807, 2.05) is 19.9 Å². The smallest absolute Gasteiger partial charge is 0.347 e. The second kappa shape index (κ2) is 6.19. The summed E-state index contributed by atoms with van der Waals surface area (Å²) in [6.07, 6.45) is 4.80. The Kier molecular flexibility index (Phi) is 4.07. The van der Waals surface area contributed by atoms with Crippen molar-refractivity contribution in [1.82, 2.24) is 4.98 Å². The van der Waals surface area contributed by atoms with Gasteiger partial charge in [0.2, 0.25) is 5.88 Å². The number of carbonyl (C=O) groups is 1. The zero-order valence-electron chi connectivity index (χ0n) is 13.3. The molecule has 0 atom stereocenters. The number of nitrogens with zero attached hydrogens (tertiary/aromatic N) is 2. The number of nitrogens with two attached hydrogens (primary N) is 1. The molecule has 0 aromatic carbocycles. The summed E-state index contributed by atoms with van der Waals surface area (Å²) in [5.74, 6) is -0.422. The number of pyridine rings is 1. The summed E-state index contributed by atoms with van der Waals surface area (Å²) in [6, 6.07) is 3.63. The topological polar surface area (TPSA) is 111 Å². The zero-order valence-corrected chi connectivity index (χ0v) is 13.3. The number of furan rings is 1. The van der Waals surface area contributed by atoms with Crippen LogP contribution in [0.2, 0.25) is 0 Å². The predicted molar refractivity (Wildman–Crippen MR) is 90.2 cm³/mol. The molecule has 0 unspecified atom stereocenters. The van der Waals surface area contributed by atoms with E-state index in [-0.39, 0.29) is 35.5 Å². The molecule has 24 heavy (non-hydrogen) atoms. The average Bonchev–Trinajstić information content (AvgIpc) is 3.07. The monoisotopic (exact) mass is 327 g/mol. The van der Waals surface area contributed by atoms with Crippen molar-refractivity contribution in [2.75, 3.05) is 12.3 Å². The van der Waals surface area contributed by atoms with Crippen LogP contribution in [0.25, 0.3) is 11.6 Å². The lowest BCUT2D eigenvalue weighted by Crippen LogP contribution is -2.11. The second-order valence-corrected chi connectivity index (χ2v) is 5.78. The molecule has 0 aliphatic carbocycles. The van der Waals surface area contributed by atoms with Crippen molar-refractivity contribution < 1.29 is 19.1 Å². The molecule has 0 radical (unpaired) electrons. The molecule has 7 nitrogen and oxygen atoms in total. The van der Waals surface area contributed by atoms with E-state index in [1.165, 1.54) is 0 Å². The first kappa shape index (κ1) is 15.8. The number of fused-ring (bicyclic) bond motifs is 1. The van der Waals surface area contributed by atoms with Gasteiger partial charge in [-0.05, 0) is 24.1 Å². The van der Waals surface area contributed by atoms with E-state index in [2.05, 4.69) is 9.98 Å². The Bertz CT molecular complexity index is 850. The van der Waals surface area contributed by atoms with Crippen molar-refractivity contribution >= 4 is 35.5 Å². The van der Waals surface area contributed by atoms with Gasteiger partial charge in [-0.1, -0.05) is 13.8 Å². The van der Waals surface area contributed by atoms with Crippen LogP contribution in [0.5, 0.6) is 5.75 Å². The number of aromatic nitrogens is 1. The number of ether oxygens (including phenoxy) is 1. The van der Waals surface area contributed by atoms with E-state index in [4.69, 9.17) is 14.9 Å². The molecule has 3 N–H and O–H groups in total. The van der Waals surface area contributed by atoms with Crippen molar-refractivity contribution in [2.24, 2.45) is 10.9 Å². The fourth-order valence-corrected chi connectivity index (χ4v) is 2.25. The van der Waals surface area contributed by atoms with Gasteiger partial charge < -0.3 is 20.0 Å². The Morgan fingerprint density at radius 3 is 3.04 bits per heavy atom. The number of hydrogen-bond donors (Lipinski definition) is 2. The highest BCUT2D eigenvalue weighted by molar-refractivity contribution is 6.21. The molecule has 3 heterocycles. The summed E-state index contributed by atoms with van der Waals surface area (Å²) in [5.41, 5.74) is 7.05. The van der Waals surface area contributed by atoms with Crippen molar-refractivity contribution in [2.45, 2.75) is 13.8 Å². The molecule has 0 fully saturated rings. The van der Waals surface area contributed by atoms with Gasteiger partial charge in [0.05, 0.1) is 6.61 Å². The van der Waals surface area contributed by atoms with Crippen LogP contribution in [0.3, 0.4) is 0 Å². The lowest BCUT2D eigenvalue weighted by atomic mass is 10.1. The van der Waals surface area contributed by atoms with Crippen molar-refractivity contribution in [1.29, 1.82) is 0 Å². The molecule has 0 spiro atoms. The molecular weight excluding hydrogens is 310 g/mol. The first-order chi connectivity index (χ1) is 11.5. The first-order valence-corrected chi connectivity index (χ1v) is 7.47. The fourth-order valence-electron chi connectivity index (χ4n) is 2.25. The maximum Gasteiger partial charge on any atom is 0.347 e. The third-order valence-electron chi connectivity index (χ3n) is 3.40. The number of nitrogen functional groups attached to an aromatic ring is 1. The Hall–Kier alpha value is -3.09. The standard InChI is InChI=1S/C17H17N3O4/c1-9(2)8-23-17(22)13-14(21)12(24-15(13)18)6-10-7-20-16-11(10)4-3-5-19-16/h3-7,9,21H,8,18H2,1-2H3. The fraction of sp³-hybridized carbons (Fsp3) is 0.235. The summed E-state index contributed by atoms with van der Waals surface area (Å²) in [7, 11) is 0. The number of rotatable bonds is 4. The van der Waals surface area contributed by atoms with Crippen LogP contribution in [0.1, 0.15) is 35.5 Å². The van der Waals surface area contributed by atoms with Gasteiger partial charge in [0.1, 0.15) is 0 Å². The van der Waals surface area contributed by atoms with Crippen molar-refractivity contribution in [3.05, 3.63) is 35.2 Å². The van der Waals surface area contributed by atoms with E-state index in [0.29, 0.717) is 11.4 Å². The van der Waals surface area contributed by atoms with E-state index in [0.717, 1.165) is 5.56 Å². The third-order valence-corrected chi connectivity index (χ3v) is 3.40. The zero-order chi connectivity index (χ0) is 17.3. The van der Waals surface area contributed by atoms with Crippen molar-refractivity contribution in [3.8, 4) is 5.75 Å². The molecule has 2 aromatic heterocycles. The largest absolute Gasteiger partial charge is 0.504 e. The number of aliphatic imine (C=N–C) groups is 1. The van der Waals surface area contributed by atoms with Gasteiger partial charge in [-0.3, -0.25) is 0 Å². The molecule has 0 bridgehead atoms. The molecule has 0 amide bonds. The van der Waals surface area contributed by atoms with Gasteiger partial charge in [-0.25, -0.2) is 14.8 Å². The van der Waals surface area contributed by atoms with Crippen LogP contribution < -0.4 is 5.73 Å². The summed E-state index contributed by atoms with van der Waals surface area (Å²) < 4.78 is 10.4. The number of anilines is 1. The minimum absolute atomic E-state index is 0.0714. The maximum atomic E-state index is 12.1. The van der Waals surface area contributed by atoms with E-state index in [1.54, 1.807) is 24.6 Å². The minimum Gasteiger partial charge on any atom is -0.504 e. The molecule has 124 valence electrons. The van der Waals surface area contributed by atoms with Gasteiger partial charge in [-0.15, -0.1) is 0 Å². The van der Waals surface area contributed by atoms with Crippen LogP contribution in [0, 0.1) is 5.92 Å². The quantitative estimate of drug-likeness (QED) is 0.835. The maximum absolute atomic E-state index is 12.1. The van der Waals surface area contributed by atoms with E-state index in [9.17, 15) is 9.90 Å². The molecule has 2 aromatic rings. The summed E-state index contributed by atoms with van der Waals surface area (Å²) in [5, 5.41) is 10.3. The number of allylic oxidation sites excluding steroid dienone is 1. The molecule has 7 heteroatoms. The number of aromatic hydroxyl groups is 1. The Labute approximate surface area is 138 Å². The number of esters is 1. The van der Waals surface area contributed by atoms with E-state index >= 15 is 0 Å². The summed E-state index contributed by atoms with van der Waals surface area (Å²) >= 11 is 0. The lowest BCUT2D eigenvalue weighted by Gasteiger charge is -2.06. The Morgan fingerprint density at radius 1 is 1.50 bits per heavy atom. The summed E-state index contributed by atoms with van der Waals surface area (Å²) in [4.78, 5) is 20.4. The molecule has 3 rings (SSSR count). The SMILES string of the molecule is CC(C)COC(=O)c1c(N)oc(C=C2C=Nc3ncccc32)c1O. The van der Waals surface area contributed by atoms with Crippen LogP contribution in [-0.4, -0.2) is 28.9 Å².